The average molecular weight is 322 g/mol. The van der Waals surface area contributed by atoms with Crippen LogP contribution in [0.4, 0.5) is 0 Å². The van der Waals surface area contributed by atoms with Crippen molar-refractivity contribution in [2.24, 2.45) is 0 Å². The number of hydrogen-bond donors (Lipinski definition) is 0. The molecule has 3 heterocycles. The molecule has 0 unspecified atom stereocenters. The number of aromatic nitrogens is 4. The lowest BCUT2D eigenvalue weighted by Gasteiger charge is -2.08. The molecule has 0 radical (unpaired) electrons. The summed E-state index contributed by atoms with van der Waals surface area (Å²) in [6.45, 7) is 6.37. The monoisotopic (exact) mass is 322 g/mol. The fourth-order valence-electron chi connectivity index (χ4n) is 2.02. The highest BCUT2D eigenvalue weighted by atomic mass is 32.2. The molecule has 3 aromatic rings. The molecule has 0 saturated heterocycles. The molecule has 0 aliphatic carbocycles. The molecule has 0 bridgehead atoms. The fourth-order valence-corrected chi connectivity index (χ4v) is 4.00. The van der Waals surface area contributed by atoms with E-state index in [0.29, 0.717) is 22.8 Å². The Morgan fingerprint density at radius 1 is 1.38 bits per heavy atom. The Morgan fingerprint density at radius 3 is 2.86 bits per heavy atom. The summed E-state index contributed by atoms with van der Waals surface area (Å²) in [7, 11) is 0. The first-order chi connectivity index (χ1) is 10.1. The summed E-state index contributed by atoms with van der Waals surface area (Å²) in [4.78, 5) is 19.0. The predicted molar refractivity (Wildman–Crippen MR) is 82.9 cm³/mol. The zero-order valence-electron chi connectivity index (χ0n) is 11.9. The molecule has 3 rings (SSSR count). The van der Waals surface area contributed by atoms with Crippen LogP contribution in [0.5, 0.6) is 0 Å². The molecule has 0 aliphatic heterocycles. The third kappa shape index (κ3) is 2.60. The van der Waals surface area contributed by atoms with E-state index in [9.17, 15) is 4.79 Å². The van der Waals surface area contributed by atoms with Gasteiger partial charge in [0.1, 0.15) is 16.2 Å². The molecule has 8 heteroatoms. The van der Waals surface area contributed by atoms with Crippen molar-refractivity contribution in [1.82, 2.24) is 19.9 Å². The first-order valence-electron chi connectivity index (χ1n) is 6.52. The van der Waals surface area contributed by atoms with Gasteiger partial charge in [-0.2, -0.15) is 0 Å². The Kier molecular flexibility index (Phi) is 3.81. The highest BCUT2D eigenvalue weighted by molar-refractivity contribution is 7.98. The predicted octanol–water partition coefficient (Wildman–Crippen LogP) is 2.77. The third-order valence-corrected chi connectivity index (χ3v) is 5.07. The maximum atomic E-state index is 12.5. The largest absolute Gasteiger partial charge is 0.287 e. The van der Waals surface area contributed by atoms with Crippen molar-refractivity contribution in [1.29, 1.82) is 0 Å². The Balaban J connectivity index is 2.01. The molecule has 0 atom stereocenters. The molecule has 6 nitrogen and oxygen atoms in total. The van der Waals surface area contributed by atoms with E-state index in [4.69, 9.17) is 0 Å². The third-order valence-electron chi connectivity index (χ3n) is 3.14. The van der Waals surface area contributed by atoms with E-state index in [0.717, 1.165) is 21.1 Å². The van der Waals surface area contributed by atoms with E-state index >= 15 is 0 Å². The van der Waals surface area contributed by atoms with Crippen LogP contribution < -0.4 is 5.56 Å². The van der Waals surface area contributed by atoms with Crippen molar-refractivity contribution in [3.05, 3.63) is 32.7 Å². The van der Waals surface area contributed by atoms with E-state index in [2.05, 4.69) is 19.9 Å². The van der Waals surface area contributed by atoms with Gasteiger partial charge in [-0.3, -0.25) is 9.36 Å². The summed E-state index contributed by atoms with van der Waals surface area (Å²) in [6, 6.07) is 1.90. The van der Waals surface area contributed by atoms with Gasteiger partial charge >= 0.3 is 0 Å². The Labute approximate surface area is 129 Å². The highest BCUT2D eigenvalue weighted by Crippen LogP contribution is 2.26. The molecule has 0 saturated carbocycles. The SMILES string of the molecule is CCn1c(SCc2nonc2C)nc2sc(C)cc2c1=O. The van der Waals surface area contributed by atoms with E-state index < -0.39 is 0 Å². The van der Waals surface area contributed by atoms with Crippen LogP contribution >= 0.6 is 23.1 Å². The number of nitrogens with zero attached hydrogens (tertiary/aromatic N) is 4. The van der Waals surface area contributed by atoms with Crippen LogP contribution in [0.15, 0.2) is 20.6 Å². The maximum absolute atomic E-state index is 12.5. The van der Waals surface area contributed by atoms with Gasteiger partial charge in [0.05, 0.1) is 5.39 Å². The van der Waals surface area contributed by atoms with E-state index in [1.54, 1.807) is 15.9 Å². The van der Waals surface area contributed by atoms with Crippen molar-refractivity contribution in [3.63, 3.8) is 0 Å². The smallest absolute Gasteiger partial charge is 0.262 e. The number of aryl methyl sites for hydroxylation is 2. The normalized spacial score (nSPS) is 11.4. The second-order valence-electron chi connectivity index (χ2n) is 4.60. The quantitative estimate of drug-likeness (QED) is 0.543. The van der Waals surface area contributed by atoms with Crippen LogP contribution in [-0.2, 0) is 12.3 Å². The van der Waals surface area contributed by atoms with Crippen molar-refractivity contribution in [2.75, 3.05) is 0 Å². The minimum atomic E-state index is 0.0179. The first-order valence-corrected chi connectivity index (χ1v) is 8.32. The van der Waals surface area contributed by atoms with E-state index in [-0.39, 0.29) is 5.56 Å². The van der Waals surface area contributed by atoms with Crippen LogP contribution in [0.3, 0.4) is 0 Å². The second-order valence-corrected chi connectivity index (χ2v) is 6.78. The zero-order valence-corrected chi connectivity index (χ0v) is 13.5. The molecule has 0 amide bonds. The van der Waals surface area contributed by atoms with Gasteiger partial charge in [0, 0.05) is 17.2 Å². The molecular formula is C13H14N4O2S2. The standard InChI is InChI=1S/C13H14N4O2S2/c1-4-17-12(18)9-5-7(2)21-11(9)14-13(17)20-6-10-8(3)15-19-16-10/h5H,4,6H2,1-3H3. The lowest BCUT2D eigenvalue weighted by atomic mass is 10.4. The molecule has 0 spiro atoms. The van der Waals surface area contributed by atoms with Crippen LogP contribution in [-0.4, -0.2) is 19.9 Å². The molecule has 0 aliphatic rings. The molecule has 0 fully saturated rings. The summed E-state index contributed by atoms with van der Waals surface area (Å²) in [5, 5.41) is 9.02. The summed E-state index contributed by atoms with van der Waals surface area (Å²) >= 11 is 3.02. The van der Waals surface area contributed by atoms with Gasteiger partial charge in [-0.1, -0.05) is 22.1 Å². The average Bonchev–Trinajstić information content (AvgIpc) is 3.02. The minimum Gasteiger partial charge on any atom is -0.287 e. The van der Waals surface area contributed by atoms with Crippen molar-refractivity contribution in [3.8, 4) is 0 Å². The van der Waals surface area contributed by atoms with Crippen molar-refractivity contribution < 1.29 is 4.63 Å². The Bertz CT molecular complexity index is 850. The molecule has 3 aromatic heterocycles. The van der Waals surface area contributed by atoms with Crippen LogP contribution in [0, 0.1) is 13.8 Å². The van der Waals surface area contributed by atoms with Gasteiger partial charge in [-0.15, -0.1) is 11.3 Å². The second kappa shape index (κ2) is 5.61. The van der Waals surface area contributed by atoms with Gasteiger partial charge in [0.2, 0.25) is 0 Å². The zero-order chi connectivity index (χ0) is 15.0. The topological polar surface area (TPSA) is 73.8 Å². The van der Waals surface area contributed by atoms with Crippen LogP contribution in [0.25, 0.3) is 10.2 Å². The molecular weight excluding hydrogens is 308 g/mol. The first kappa shape index (κ1) is 14.3. The Hall–Kier alpha value is -1.67. The van der Waals surface area contributed by atoms with Crippen molar-refractivity contribution >= 4 is 33.3 Å². The number of thioether (sulfide) groups is 1. The Morgan fingerprint density at radius 2 is 2.19 bits per heavy atom. The summed E-state index contributed by atoms with van der Waals surface area (Å²) in [6.07, 6.45) is 0. The number of hydrogen-bond acceptors (Lipinski definition) is 7. The lowest BCUT2D eigenvalue weighted by Crippen LogP contribution is -2.21. The number of fused-ring (bicyclic) bond motifs is 1. The molecule has 21 heavy (non-hydrogen) atoms. The van der Waals surface area contributed by atoms with Gasteiger partial charge in [0.25, 0.3) is 5.56 Å². The van der Waals surface area contributed by atoms with Gasteiger partial charge in [-0.05, 0) is 26.8 Å². The van der Waals surface area contributed by atoms with Crippen LogP contribution in [0.1, 0.15) is 23.2 Å². The number of thiophene rings is 1. The number of rotatable bonds is 4. The highest BCUT2D eigenvalue weighted by Gasteiger charge is 2.14. The maximum Gasteiger partial charge on any atom is 0.262 e. The van der Waals surface area contributed by atoms with Crippen LogP contribution in [0.2, 0.25) is 0 Å². The summed E-state index contributed by atoms with van der Waals surface area (Å²) in [5.74, 6) is 0.581. The fraction of sp³-hybridized carbons (Fsp3) is 0.385. The van der Waals surface area contributed by atoms with E-state index in [1.807, 2.05) is 26.8 Å². The van der Waals surface area contributed by atoms with Gasteiger partial charge in [0.15, 0.2) is 5.16 Å². The summed E-state index contributed by atoms with van der Waals surface area (Å²) in [5.41, 5.74) is 1.56. The minimum absolute atomic E-state index is 0.0179. The van der Waals surface area contributed by atoms with Gasteiger partial charge < -0.3 is 0 Å². The molecule has 110 valence electrons. The van der Waals surface area contributed by atoms with Gasteiger partial charge in [-0.25, -0.2) is 9.61 Å². The van der Waals surface area contributed by atoms with Crippen molar-refractivity contribution in [2.45, 2.75) is 38.2 Å². The lowest BCUT2D eigenvalue weighted by molar-refractivity contribution is 0.302. The van der Waals surface area contributed by atoms with E-state index in [1.165, 1.54) is 11.8 Å². The molecule has 0 aromatic carbocycles. The molecule has 0 N–H and O–H groups in total. The summed E-state index contributed by atoms with van der Waals surface area (Å²) < 4.78 is 6.38.